The Bertz CT molecular complexity index is 705. The molecule has 2 heterocycles. The standard InChI is InChI=1S/C12H19N5O2S2/c1-4-13-6-10-5-11(9(2)20-10)21(18,19)15-7-12-16-14-8-17(12)3/h5,8,13,15H,4,6-7H2,1-3H3. The monoisotopic (exact) mass is 329 g/mol. The summed E-state index contributed by atoms with van der Waals surface area (Å²) in [5, 5.41) is 10.8. The lowest BCUT2D eigenvalue weighted by atomic mass is 10.4. The second kappa shape index (κ2) is 6.65. The number of aromatic nitrogens is 3. The highest BCUT2D eigenvalue weighted by molar-refractivity contribution is 7.89. The molecule has 0 amide bonds. The van der Waals surface area contributed by atoms with Crippen LogP contribution in [-0.4, -0.2) is 29.7 Å². The van der Waals surface area contributed by atoms with Gasteiger partial charge in [-0.1, -0.05) is 6.92 Å². The summed E-state index contributed by atoms with van der Waals surface area (Å²) >= 11 is 1.49. The van der Waals surface area contributed by atoms with Gasteiger partial charge in [0, 0.05) is 23.3 Å². The summed E-state index contributed by atoms with van der Waals surface area (Å²) in [7, 11) is -1.76. The first-order chi connectivity index (χ1) is 9.94. The minimum Gasteiger partial charge on any atom is -0.320 e. The second-order valence-electron chi connectivity index (χ2n) is 4.60. The molecule has 2 rings (SSSR count). The molecule has 0 aliphatic rings. The molecule has 0 atom stereocenters. The predicted molar refractivity (Wildman–Crippen MR) is 81.5 cm³/mol. The van der Waals surface area contributed by atoms with E-state index in [0.717, 1.165) is 16.3 Å². The maximum Gasteiger partial charge on any atom is 0.242 e. The molecule has 0 saturated heterocycles. The van der Waals surface area contributed by atoms with E-state index in [4.69, 9.17) is 0 Å². The van der Waals surface area contributed by atoms with Gasteiger partial charge < -0.3 is 9.88 Å². The van der Waals surface area contributed by atoms with Crippen molar-refractivity contribution in [1.82, 2.24) is 24.8 Å². The minimum absolute atomic E-state index is 0.122. The van der Waals surface area contributed by atoms with E-state index in [1.165, 1.54) is 17.7 Å². The number of thiophene rings is 1. The molecule has 0 aliphatic heterocycles. The molecule has 0 unspecified atom stereocenters. The van der Waals surface area contributed by atoms with Crippen LogP contribution < -0.4 is 10.0 Å². The summed E-state index contributed by atoms with van der Waals surface area (Å²) in [6.45, 7) is 5.48. The fourth-order valence-electron chi connectivity index (χ4n) is 1.83. The zero-order chi connectivity index (χ0) is 15.5. The molecule has 2 N–H and O–H groups in total. The van der Waals surface area contributed by atoms with Crippen LogP contribution >= 0.6 is 11.3 Å². The van der Waals surface area contributed by atoms with Crippen LogP contribution in [0, 0.1) is 6.92 Å². The van der Waals surface area contributed by atoms with Crippen LogP contribution in [-0.2, 0) is 30.2 Å². The Labute approximate surface area is 128 Å². The summed E-state index contributed by atoms with van der Waals surface area (Å²) in [6, 6.07) is 1.72. The van der Waals surface area contributed by atoms with Gasteiger partial charge in [-0.25, -0.2) is 13.1 Å². The van der Waals surface area contributed by atoms with Crippen molar-refractivity contribution in [2.45, 2.75) is 31.8 Å². The first-order valence-electron chi connectivity index (χ1n) is 6.56. The lowest BCUT2D eigenvalue weighted by Crippen LogP contribution is -2.25. The highest BCUT2D eigenvalue weighted by atomic mass is 32.2. The molecule has 21 heavy (non-hydrogen) atoms. The number of nitrogens with one attached hydrogen (secondary N) is 2. The number of hydrogen-bond acceptors (Lipinski definition) is 6. The van der Waals surface area contributed by atoms with Gasteiger partial charge in [-0.15, -0.1) is 21.5 Å². The van der Waals surface area contributed by atoms with Gasteiger partial charge >= 0.3 is 0 Å². The first kappa shape index (κ1) is 16.1. The predicted octanol–water partition coefficient (Wildman–Crippen LogP) is 0.773. The SMILES string of the molecule is CCNCc1cc(S(=O)(=O)NCc2nncn2C)c(C)s1. The summed E-state index contributed by atoms with van der Waals surface area (Å²) in [6.07, 6.45) is 1.54. The molecule has 2 aromatic rings. The van der Waals surface area contributed by atoms with Crippen molar-refractivity contribution in [3.63, 3.8) is 0 Å². The van der Waals surface area contributed by atoms with E-state index in [1.54, 1.807) is 17.7 Å². The highest BCUT2D eigenvalue weighted by Gasteiger charge is 2.20. The van der Waals surface area contributed by atoms with Crippen molar-refractivity contribution >= 4 is 21.4 Å². The van der Waals surface area contributed by atoms with E-state index >= 15 is 0 Å². The molecule has 7 nitrogen and oxygen atoms in total. The van der Waals surface area contributed by atoms with Crippen molar-refractivity contribution in [3.8, 4) is 0 Å². The molecule has 9 heteroatoms. The van der Waals surface area contributed by atoms with Crippen LogP contribution in [0.2, 0.25) is 0 Å². The fraction of sp³-hybridized carbons (Fsp3) is 0.500. The highest BCUT2D eigenvalue weighted by Crippen LogP contribution is 2.25. The van der Waals surface area contributed by atoms with E-state index in [9.17, 15) is 8.42 Å². The molecule has 0 spiro atoms. The molecule has 0 radical (unpaired) electrons. The van der Waals surface area contributed by atoms with Crippen LogP contribution in [0.1, 0.15) is 22.5 Å². The third-order valence-corrected chi connectivity index (χ3v) is 5.69. The molecule has 0 aliphatic carbocycles. The number of sulfonamides is 1. The normalized spacial score (nSPS) is 12.0. The van der Waals surface area contributed by atoms with Gasteiger partial charge in [0.2, 0.25) is 10.0 Å². The fourth-order valence-corrected chi connectivity index (χ4v) is 4.41. The number of nitrogens with zero attached hydrogens (tertiary/aromatic N) is 3. The van der Waals surface area contributed by atoms with Gasteiger partial charge in [-0.05, 0) is 19.5 Å². The van der Waals surface area contributed by atoms with Crippen LogP contribution in [0.15, 0.2) is 17.3 Å². The molecule has 116 valence electrons. The Morgan fingerprint density at radius 3 is 2.76 bits per heavy atom. The smallest absolute Gasteiger partial charge is 0.242 e. The van der Waals surface area contributed by atoms with E-state index in [-0.39, 0.29) is 6.54 Å². The van der Waals surface area contributed by atoms with Gasteiger partial charge in [-0.2, -0.15) is 0 Å². The van der Waals surface area contributed by atoms with Crippen LogP contribution in [0.5, 0.6) is 0 Å². The zero-order valence-corrected chi connectivity index (χ0v) is 13.9. The Morgan fingerprint density at radius 2 is 2.14 bits per heavy atom. The molecule has 2 aromatic heterocycles. The summed E-state index contributed by atoms with van der Waals surface area (Å²) in [5.74, 6) is 0.569. The van der Waals surface area contributed by atoms with Crippen molar-refractivity contribution in [1.29, 1.82) is 0 Å². The molecule has 0 fully saturated rings. The van der Waals surface area contributed by atoms with Gasteiger partial charge in [0.15, 0.2) is 0 Å². The Kier molecular flexibility index (Phi) is 5.09. The van der Waals surface area contributed by atoms with E-state index in [1.807, 2.05) is 13.8 Å². The topological polar surface area (TPSA) is 88.9 Å². The van der Waals surface area contributed by atoms with E-state index in [2.05, 4.69) is 20.2 Å². The largest absolute Gasteiger partial charge is 0.320 e. The third kappa shape index (κ3) is 3.88. The van der Waals surface area contributed by atoms with Crippen molar-refractivity contribution in [3.05, 3.63) is 28.0 Å². The summed E-state index contributed by atoms with van der Waals surface area (Å²) < 4.78 is 29.0. The van der Waals surface area contributed by atoms with Crippen LogP contribution in [0.25, 0.3) is 0 Å². The third-order valence-electron chi connectivity index (χ3n) is 2.99. The molecule has 0 aromatic carbocycles. The van der Waals surface area contributed by atoms with Crippen molar-refractivity contribution < 1.29 is 8.42 Å². The Morgan fingerprint density at radius 1 is 1.38 bits per heavy atom. The number of rotatable bonds is 7. The van der Waals surface area contributed by atoms with Gasteiger partial charge in [0.25, 0.3) is 0 Å². The average molecular weight is 329 g/mol. The van der Waals surface area contributed by atoms with Crippen molar-refractivity contribution in [2.24, 2.45) is 7.05 Å². The Hall–Kier alpha value is -1.29. The van der Waals surface area contributed by atoms with Gasteiger partial charge in [-0.3, -0.25) is 0 Å². The van der Waals surface area contributed by atoms with E-state index < -0.39 is 10.0 Å². The van der Waals surface area contributed by atoms with Crippen LogP contribution in [0.4, 0.5) is 0 Å². The second-order valence-corrected chi connectivity index (χ2v) is 7.67. The summed E-state index contributed by atoms with van der Waals surface area (Å²) in [5.41, 5.74) is 0. The molecular weight excluding hydrogens is 310 g/mol. The first-order valence-corrected chi connectivity index (χ1v) is 8.86. The van der Waals surface area contributed by atoms with Crippen molar-refractivity contribution in [2.75, 3.05) is 6.54 Å². The lowest BCUT2D eigenvalue weighted by molar-refractivity contribution is 0.577. The number of aryl methyl sites for hydroxylation is 2. The molecule has 0 bridgehead atoms. The van der Waals surface area contributed by atoms with Crippen LogP contribution in [0.3, 0.4) is 0 Å². The zero-order valence-electron chi connectivity index (χ0n) is 12.3. The minimum atomic E-state index is -3.54. The quantitative estimate of drug-likeness (QED) is 0.783. The molecular formula is C12H19N5O2S2. The lowest BCUT2D eigenvalue weighted by Gasteiger charge is -2.05. The number of hydrogen-bond donors (Lipinski definition) is 2. The maximum atomic E-state index is 12.4. The molecule has 0 saturated carbocycles. The Balaban J connectivity index is 2.12. The van der Waals surface area contributed by atoms with Gasteiger partial charge in [0.05, 0.1) is 11.4 Å². The van der Waals surface area contributed by atoms with E-state index in [0.29, 0.717) is 17.3 Å². The average Bonchev–Trinajstić information content (AvgIpc) is 3.00. The van der Waals surface area contributed by atoms with Gasteiger partial charge in [0.1, 0.15) is 12.2 Å². The maximum absolute atomic E-state index is 12.4. The summed E-state index contributed by atoms with van der Waals surface area (Å²) in [4.78, 5) is 2.13.